The molecule has 19 heavy (non-hydrogen) atoms. The van der Waals surface area contributed by atoms with Gasteiger partial charge in [0.15, 0.2) is 6.23 Å². The van der Waals surface area contributed by atoms with Crippen molar-refractivity contribution in [3.63, 3.8) is 0 Å². The Hall–Kier alpha value is -1.97. The normalized spacial score (nSPS) is 19.2. The largest absolute Gasteiger partial charge is 0.468 e. The molecular weight excluding hydrogens is 243 g/mol. The molecule has 4 heteroatoms. The summed E-state index contributed by atoms with van der Waals surface area (Å²) in [5, 5.41) is 4.06. The highest BCUT2D eigenvalue weighted by Gasteiger charge is 2.31. The first kappa shape index (κ1) is 12.1. The van der Waals surface area contributed by atoms with Crippen molar-refractivity contribution >= 4 is 16.7 Å². The van der Waals surface area contributed by atoms with Gasteiger partial charge in [0.25, 0.3) is 0 Å². The van der Waals surface area contributed by atoms with Crippen molar-refractivity contribution in [1.29, 1.82) is 0 Å². The zero-order chi connectivity index (χ0) is 13.6. The Morgan fingerprint density at radius 1 is 1.26 bits per heavy atom. The number of hydrogen-bond acceptors (Lipinski definition) is 2. The van der Waals surface area contributed by atoms with Crippen LogP contribution in [-0.4, -0.2) is 11.2 Å². The molecule has 1 atom stereocenters. The standard InChI is InChI=1S/C15H17FN2O/c1-15(2,3)14-18-8-13(19-14)11-7-17-12-5-4-9(16)6-10(11)12/h4-8,14,17-18H,1-3H3. The van der Waals surface area contributed by atoms with E-state index in [9.17, 15) is 4.39 Å². The molecule has 0 bridgehead atoms. The number of fused-ring (bicyclic) bond motifs is 1. The van der Waals surface area contributed by atoms with E-state index in [-0.39, 0.29) is 17.5 Å². The second-order valence-electron chi connectivity index (χ2n) is 5.93. The molecule has 0 spiro atoms. The average Bonchev–Trinajstić information content (AvgIpc) is 2.92. The van der Waals surface area contributed by atoms with Gasteiger partial charge in [-0.3, -0.25) is 0 Å². The lowest BCUT2D eigenvalue weighted by atomic mass is 9.94. The number of ether oxygens (including phenoxy) is 1. The molecule has 1 aliphatic rings. The maximum absolute atomic E-state index is 13.4. The Bertz CT molecular complexity index is 652. The number of aromatic nitrogens is 1. The molecular formula is C15H17FN2O. The number of aromatic amines is 1. The van der Waals surface area contributed by atoms with Crippen molar-refractivity contribution < 1.29 is 9.13 Å². The topological polar surface area (TPSA) is 37.0 Å². The molecule has 3 rings (SSSR count). The van der Waals surface area contributed by atoms with Gasteiger partial charge in [-0.05, 0) is 18.2 Å². The molecule has 0 aliphatic carbocycles. The number of benzene rings is 1. The van der Waals surface area contributed by atoms with E-state index < -0.39 is 0 Å². The third-order valence-corrected chi connectivity index (χ3v) is 3.31. The third-order valence-electron chi connectivity index (χ3n) is 3.31. The van der Waals surface area contributed by atoms with Crippen LogP contribution in [0.25, 0.3) is 16.7 Å². The first-order valence-corrected chi connectivity index (χ1v) is 6.35. The second kappa shape index (κ2) is 4.02. The van der Waals surface area contributed by atoms with Crippen molar-refractivity contribution in [3.8, 4) is 0 Å². The summed E-state index contributed by atoms with van der Waals surface area (Å²) in [6.07, 6.45) is 3.63. The van der Waals surface area contributed by atoms with Crippen molar-refractivity contribution in [2.45, 2.75) is 27.0 Å². The summed E-state index contributed by atoms with van der Waals surface area (Å²) in [6.45, 7) is 6.32. The number of H-pyrrole nitrogens is 1. The van der Waals surface area contributed by atoms with E-state index in [1.165, 1.54) is 12.1 Å². The Morgan fingerprint density at radius 2 is 2.05 bits per heavy atom. The van der Waals surface area contributed by atoms with Gasteiger partial charge in [-0.15, -0.1) is 0 Å². The second-order valence-corrected chi connectivity index (χ2v) is 5.93. The lowest BCUT2D eigenvalue weighted by Crippen LogP contribution is -2.35. The van der Waals surface area contributed by atoms with Crippen molar-refractivity contribution in [3.05, 3.63) is 42.0 Å². The Morgan fingerprint density at radius 3 is 2.74 bits per heavy atom. The molecule has 1 aromatic heterocycles. The van der Waals surface area contributed by atoms with Crippen molar-refractivity contribution in [1.82, 2.24) is 10.3 Å². The van der Waals surface area contributed by atoms with Gasteiger partial charge in [-0.2, -0.15) is 0 Å². The van der Waals surface area contributed by atoms with Crippen molar-refractivity contribution in [2.24, 2.45) is 5.41 Å². The molecule has 100 valence electrons. The Balaban J connectivity index is 1.96. The molecule has 1 aromatic carbocycles. The molecule has 0 fully saturated rings. The number of halogens is 1. The first-order chi connectivity index (χ1) is 8.95. The van der Waals surface area contributed by atoms with E-state index >= 15 is 0 Å². The van der Waals surface area contributed by atoms with E-state index in [0.717, 1.165) is 22.2 Å². The van der Waals surface area contributed by atoms with Crippen LogP contribution in [0.15, 0.2) is 30.6 Å². The lowest BCUT2D eigenvalue weighted by Gasteiger charge is -2.26. The van der Waals surface area contributed by atoms with E-state index in [4.69, 9.17) is 4.74 Å². The average molecular weight is 260 g/mol. The van der Waals surface area contributed by atoms with Gasteiger partial charge >= 0.3 is 0 Å². The summed E-state index contributed by atoms with van der Waals surface area (Å²) in [4.78, 5) is 3.13. The summed E-state index contributed by atoms with van der Waals surface area (Å²) < 4.78 is 19.3. The SMILES string of the molecule is CC(C)(C)C1NC=C(c2c[nH]c3ccc(F)cc23)O1. The van der Waals surface area contributed by atoms with Gasteiger partial charge in [0, 0.05) is 34.3 Å². The zero-order valence-corrected chi connectivity index (χ0v) is 11.3. The predicted molar refractivity (Wildman–Crippen MR) is 73.7 cm³/mol. The highest BCUT2D eigenvalue weighted by atomic mass is 19.1. The van der Waals surface area contributed by atoms with Crippen LogP contribution in [0, 0.1) is 11.2 Å². The monoisotopic (exact) mass is 260 g/mol. The molecule has 1 aliphatic heterocycles. The van der Waals surface area contributed by atoms with Crippen LogP contribution in [0.1, 0.15) is 26.3 Å². The van der Waals surface area contributed by atoms with Gasteiger partial charge in [0.1, 0.15) is 11.6 Å². The molecule has 1 unspecified atom stereocenters. The van der Waals surface area contributed by atoms with Crippen molar-refractivity contribution in [2.75, 3.05) is 0 Å². The van der Waals surface area contributed by atoms with Gasteiger partial charge in [-0.25, -0.2) is 4.39 Å². The minimum absolute atomic E-state index is 0.00435. The zero-order valence-electron chi connectivity index (χ0n) is 11.3. The highest BCUT2D eigenvalue weighted by Crippen LogP contribution is 2.33. The minimum atomic E-state index is -0.243. The molecule has 2 aromatic rings. The molecule has 3 nitrogen and oxygen atoms in total. The van der Waals surface area contributed by atoms with Gasteiger partial charge in [0.2, 0.25) is 0 Å². The molecule has 0 radical (unpaired) electrons. The Kier molecular flexibility index (Phi) is 2.55. The van der Waals surface area contributed by atoms with Gasteiger partial charge in [-0.1, -0.05) is 20.8 Å². The molecule has 0 amide bonds. The quantitative estimate of drug-likeness (QED) is 0.822. The third kappa shape index (κ3) is 2.07. The molecule has 0 saturated carbocycles. The summed E-state index contributed by atoms with van der Waals surface area (Å²) in [7, 11) is 0. The fourth-order valence-corrected chi connectivity index (χ4v) is 2.21. The first-order valence-electron chi connectivity index (χ1n) is 6.35. The van der Waals surface area contributed by atoms with E-state index in [0.29, 0.717) is 0 Å². The minimum Gasteiger partial charge on any atom is -0.468 e. The maximum atomic E-state index is 13.4. The van der Waals surface area contributed by atoms with Crippen LogP contribution >= 0.6 is 0 Å². The molecule has 0 saturated heterocycles. The number of nitrogens with one attached hydrogen (secondary N) is 2. The lowest BCUT2D eigenvalue weighted by molar-refractivity contribution is 0.0622. The smallest absolute Gasteiger partial charge is 0.174 e. The van der Waals surface area contributed by atoms with E-state index in [1.54, 1.807) is 6.07 Å². The molecule has 2 N–H and O–H groups in total. The van der Waals surface area contributed by atoms with E-state index in [2.05, 4.69) is 31.1 Å². The summed E-state index contributed by atoms with van der Waals surface area (Å²) >= 11 is 0. The van der Waals surface area contributed by atoms with Crippen LogP contribution in [0.5, 0.6) is 0 Å². The maximum Gasteiger partial charge on any atom is 0.174 e. The fraction of sp³-hybridized carbons (Fsp3) is 0.333. The fourth-order valence-electron chi connectivity index (χ4n) is 2.21. The summed E-state index contributed by atoms with van der Waals surface area (Å²) in [5.41, 5.74) is 1.78. The highest BCUT2D eigenvalue weighted by molar-refractivity contribution is 5.91. The van der Waals surface area contributed by atoms with Crippen LogP contribution < -0.4 is 5.32 Å². The van der Waals surface area contributed by atoms with Crippen LogP contribution in [0.2, 0.25) is 0 Å². The van der Waals surface area contributed by atoms with Gasteiger partial charge in [0.05, 0.1) is 0 Å². The summed E-state index contributed by atoms with van der Waals surface area (Å²) in [6, 6.07) is 4.71. The van der Waals surface area contributed by atoms with Crippen LogP contribution in [0.4, 0.5) is 4.39 Å². The van der Waals surface area contributed by atoms with Crippen LogP contribution in [-0.2, 0) is 4.74 Å². The summed E-state index contributed by atoms with van der Waals surface area (Å²) in [5.74, 6) is 0.504. The van der Waals surface area contributed by atoms with E-state index in [1.807, 2.05) is 12.4 Å². The van der Waals surface area contributed by atoms with Gasteiger partial charge < -0.3 is 15.0 Å². The van der Waals surface area contributed by atoms with Crippen LogP contribution in [0.3, 0.4) is 0 Å². The Labute approximate surface area is 111 Å². The number of hydrogen-bond donors (Lipinski definition) is 2. The molecule has 2 heterocycles. The number of rotatable bonds is 1. The predicted octanol–water partition coefficient (Wildman–Crippen LogP) is 3.60.